The second kappa shape index (κ2) is 6.17. The van der Waals surface area contributed by atoms with Crippen molar-refractivity contribution in [2.45, 2.75) is 37.6 Å². The molecule has 1 aromatic carbocycles. The summed E-state index contributed by atoms with van der Waals surface area (Å²) in [5.41, 5.74) is 2.89. The molecule has 1 saturated carbocycles. The maximum Gasteiger partial charge on any atom is 0.0621 e. The van der Waals surface area contributed by atoms with Gasteiger partial charge in [0.15, 0.2) is 0 Å². The van der Waals surface area contributed by atoms with E-state index in [0.29, 0.717) is 6.04 Å². The van der Waals surface area contributed by atoms with Gasteiger partial charge in [-0.3, -0.25) is 4.98 Å². The van der Waals surface area contributed by atoms with E-state index in [1.165, 1.54) is 24.0 Å². The lowest BCUT2D eigenvalue weighted by atomic mass is 9.84. The molecule has 110 valence electrons. The van der Waals surface area contributed by atoms with Crippen LogP contribution in [0.2, 0.25) is 5.02 Å². The minimum absolute atomic E-state index is 0.268. The third-order valence-electron chi connectivity index (χ3n) is 4.54. The van der Waals surface area contributed by atoms with Crippen LogP contribution in [0, 0.1) is 0 Å². The number of benzene rings is 1. The van der Waals surface area contributed by atoms with E-state index in [1.807, 2.05) is 12.3 Å². The van der Waals surface area contributed by atoms with Crippen LogP contribution in [0.25, 0.3) is 0 Å². The van der Waals surface area contributed by atoms with Crippen molar-refractivity contribution in [1.29, 1.82) is 0 Å². The van der Waals surface area contributed by atoms with E-state index in [2.05, 4.69) is 47.6 Å². The predicted octanol–water partition coefficient (Wildman–Crippen LogP) is 3.99. The van der Waals surface area contributed by atoms with Gasteiger partial charge in [-0.05, 0) is 43.0 Å². The number of nitrogens with zero attached hydrogens (tertiary/aromatic N) is 1. The summed E-state index contributed by atoms with van der Waals surface area (Å²) in [5.74, 6) is 0. The van der Waals surface area contributed by atoms with Gasteiger partial charge in [0.25, 0.3) is 0 Å². The Labute approximate surface area is 131 Å². The number of halogens is 1. The Bertz CT molecular complexity index is 593. The zero-order chi connectivity index (χ0) is 14.7. The van der Waals surface area contributed by atoms with Crippen LogP contribution in [0.15, 0.2) is 48.8 Å². The van der Waals surface area contributed by atoms with E-state index >= 15 is 0 Å². The van der Waals surface area contributed by atoms with E-state index in [4.69, 9.17) is 11.6 Å². The first-order valence-corrected chi connectivity index (χ1v) is 8.01. The van der Waals surface area contributed by atoms with E-state index in [0.717, 1.165) is 18.0 Å². The highest BCUT2D eigenvalue weighted by molar-refractivity contribution is 6.31. The molecule has 1 aliphatic carbocycles. The molecule has 0 amide bonds. The summed E-state index contributed by atoms with van der Waals surface area (Å²) in [6, 6.07) is 13.3. The number of likely N-dealkylation sites (N-methyl/N-ethyl adjacent to an activating group) is 1. The Morgan fingerprint density at radius 2 is 2.00 bits per heavy atom. The van der Waals surface area contributed by atoms with Crippen molar-refractivity contribution in [2.75, 3.05) is 6.54 Å². The number of rotatable bonds is 6. The molecule has 3 rings (SSSR count). The second-order valence-electron chi connectivity index (χ2n) is 5.80. The Balaban J connectivity index is 1.87. The molecule has 1 aliphatic rings. The maximum absolute atomic E-state index is 6.29. The molecule has 1 heterocycles. The molecule has 0 spiro atoms. The molecule has 3 heteroatoms. The summed E-state index contributed by atoms with van der Waals surface area (Å²) in [7, 11) is 0. The minimum atomic E-state index is 0.268. The predicted molar refractivity (Wildman–Crippen MR) is 87.8 cm³/mol. The van der Waals surface area contributed by atoms with Crippen LogP contribution in [0.3, 0.4) is 0 Å². The molecule has 0 saturated heterocycles. The first-order chi connectivity index (χ1) is 10.3. The van der Waals surface area contributed by atoms with Gasteiger partial charge in [0, 0.05) is 23.9 Å². The minimum Gasteiger partial charge on any atom is -0.313 e. The molecule has 1 unspecified atom stereocenters. The molecule has 0 bridgehead atoms. The molecule has 2 nitrogen and oxygen atoms in total. The van der Waals surface area contributed by atoms with Gasteiger partial charge >= 0.3 is 0 Å². The highest BCUT2D eigenvalue weighted by Gasteiger charge is 2.50. The molecule has 21 heavy (non-hydrogen) atoms. The Morgan fingerprint density at radius 3 is 2.62 bits per heavy atom. The molecule has 0 radical (unpaired) electrons. The fraction of sp³-hybridized carbons (Fsp3) is 0.389. The molecular formula is C18H21ClN2. The van der Waals surface area contributed by atoms with Gasteiger partial charge < -0.3 is 5.32 Å². The van der Waals surface area contributed by atoms with Gasteiger partial charge in [0.2, 0.25) is 0 Å². The van der Waals surface area contributed by atoms with Crippen LogP contribution in [0.4, 0.5) is 0 Å². The van der Waals surface area contributed by atoms with Crippen molar-refractivity contribution in [1.82, 2.24) is 10.3 Å². The highest BCUT2D eigenvalue weighted by Crippen LogP contribution is 2.51. The van der Waals surface area contributed by atoms with E-state index in [9.17, 15) is 0 Å². The zero-order valence-corrected chi connectivity index (χ0v) is 13.1. The highest BCUT2D eigenvalue weighted by atomic mass is 35.5. The molecule has 1 fully saturated rings. The second-order valence-corrected chi connectivity index (χ2v) is 6.21. The number of aromatic nitrogens is 1. The molecule has 1 N–H and O–H groups in total. The van der Waals surface area contributed by atoms with Crippen molar-refractivity contribution < 1.29 is 0 Å². The van der Waals surface area contributed by atoms with Crippen LogP contribution >= 0.6 is 11.6 Å². The normalized spacial score (nSPS) is 17.4. The van der Waals surface area contributed by atoms with Gasteiger partial charge in [-0.25, -0.2) is 0 Å². The summed E-state index contributed by atoms with van der Waals surface area (Å²) >= 11 is 6.29. The fourth-order valence-electron chi connectivity index (χ4n) is 3.24. The average Bonchev–Trinajstić information content (AvgIpc) is 3.32. The Hall–Kier alpha value is -1.38. The van der Waals surface area contributed by atoms with Crippen LogP contribution in [-0.2, 0) is 11.8 Å². The van der Waals surface area contributed by atoms with Crippen molar-refractivity contribution >= 4 is 11.6 Å². The first-order valence-electron chi connectivity index (χ1n) is 7.63. The van der Waals surface area contributed by atoms with Gasteiger partial charge in [0.1, 0.15) is 0 Å². The average molecular weight is 301 g/mol. The standard InChI is InChI=1S/C18H21ClN2/c1-2-21-17(12-14-8-11-20-13-16(14)19)18(9-10-18)15-6-4-3-5-7-15/h3-8,11,13,17,21H,2,9-10,12H2,1H3. The Kier molecular flexibility index (Phi) is 4.27. The maximum atomic E-state index is 6.29. The van der Waals surface area contributed by atoms with Crippen LogP contribution < -0.4 is 5.32 Å². The van der Waals surface area contributed by atoms with Crippen LogP contribution in [0.1, 0.15) is 30.9 Å². The van der Waals surface area contributed by atoms with Gasteiger partial charge in [-0.2, -0.15) is 0 Å². The molecule has 1 atom stereocenters. The first kappa shape index (κ1) is 14.6. The zero-order valence-electron chi connectivity index (χ0n) is 12.3. The van der Waals surface area contributed by atoms with Crippen molar-refractivity contribution in [3.63, 3.8) is 0 Å². The Morgan fingerprint density at radius 1 is 1.24 bits per heavy atom. The number of hydrogen-bond donors (Lipinski definition) is 1. The number of hydrogen-bond acceptors (Lipinski definition) is 2. The third kappa shape index (κ3) is 2.97. The van der Waals surface area contributed by atoms with Crippen molar-refractivity contribution in [3.8, 4) is 0 Å². The van der Waals surface area contributed by atoms with Gasteiger partial charge in [-0.1, -0.05) is 48.9 Å². The van der Waals surface area contributed by atoms with Gasteiger partial charge in [0.05, 0.1) is 5.02 Å². The summed E-state index contributed by atoms with van der Waals surface area (Å²) in [4.78, 5) is 4.08. The topological polar surface area (TPSA) is 24.9 Å². The number of pyridine rings is 1. The van der Waals surface area contributed by atoms with Crippen molar-refractivity contribution in [2.24, 2.45) is 0 Å². The lowest BCUT2D eigenvalue weighted by Gasteiger charge is -2.29. The SMILES string of the molecule is CCNC(Cc1ccncc1Cl)C1(c2ccccc2)CC1. The molecule has 1 aromatic heterocycles. The summed E-state index contributed by atoms with van der Waals surface area (Å²) < 4.78 is 0. The van der Waals surface area contributed by atoms with E-state index in [1.54, 1.807) is 6.20 Å². The molecule has 0 aliphatic heterocycles. The van der Waals surface area contributed by atoms with Crippen LogP contribution in [-0.4, -0.2) is 17.6 Å². The summed E-state index contributed by atoms with van der Waals surface area (Å²) in [6.45, 7) is 3.14. The molecular weight excluding hydrogens is 280 g/mol. The van der Waals surface area contributed by atoms with Gasteiger partial charge in [-0.15, -0.1) is 0 Å². The summed E-state index contributed by atoms with van der Waals surface area (Å²) in [5, 5.41) is 4.45. The van der Waals surface area contributed by atoms with E-state index < -0.39 is 0 Å². The largest absolute Gasteiger partial charge is 0.313 e. The third-order valence-corrected chi connectivity index (χ3v) is 4.88. The quantitative estimate of drug-likeness (QED) is 0.872. The lowest BCUT2D eigenvalue weighted by Crippen LogP contribution is -2.41. The fourth-order valence-corrected chi connectivity index (χ4v) is 3.44. The van der Waals surface area contributed by atoms with E-state index in [-0.39, 0.29) is 5.41 Å². The monoisotopic (exact) mass is 300 g/mol. The van der Waals surface area contributed by atoms with Crippen LogP contribution in [0.5, 0.6) is 0 Å². The smallest absolute Gasteiger partial charge is 0.0621 e. The number of nitrogens with one attached hydrogen (secondary N) is 1. The lowest BCUT2D eigenvalue weighted by molar-refractivity contribution is 0.421. The van der Waals surface area contributed by atoms with Crippen molar-refractivity contribution in [3.05, 3.63) is 64.9 Å². The molecule has 2 aromatic rings. The summed E-state index contributed by atoms with van der Waals surface area (Å²) in [6.07, 6.45) is 7.01.